The Kier molecular flexibility index (Phi) is 5.70. The maximum absolute atomic E-state index is 12.3. The van der Waals surface area contributed by atoms with Crippen LogP contribution >= 0.6 is 0 Å². The highest BCUT2D eigenvalue weighted by atomic mass is 16.5. The van der Waals surface area contributed by atoms with Gasteiger partial charge in [-0.15, -0.1) is 0 Å². The molecule has 1 fully saturated rings. The predicted molar refractivity (Wildman–Crippen MR) is 94.3 cm³/mol. The summed E-state index contributed by atoms with van der Waals surface area (Å²) in [7, 11) is 1.37. The molecule has 0 aromatic heterocycles. The average Bonchev–Trinajstić information content (AvgIpc) is 2.53. The zero-order valence-corrected chi connectivity index (χ0v) is 14.9. The van der Waals surface area contributed by atoms with Crippen molar-refractivity contribution in [2.45, 2.75) is 45.1 Å². The second-order valence-electron chi connectivity index (χ2n) is 7.15. The summed E-state index contributed by atoms with van der Waals surface area (Å²) in [6.45, 7) is 7.47. The molecule has 3 amide bonds. The number of urea groups is 1. The Bertz CT molecular complexity index is 595. The number of likely N-dealkylation sites (tertiary alicyclic amines) is 1. The van der Waals surface area contributed by atoms with E-state index >= 15 is 0 Å². The Morgan fingerprint density at radius 2 is 1.96 bits per heavy atom. The summed E-state index contributed by atoms with van der Waals surface area (Å²) >= 11 is 0. The molecule has 0 aliphatic carbocycles. The molecule has 2 rings (SSSR count). The number of carbonyl (C=O) groups is 2. The predicted octanol–water partition coefficient (Wildman–Crippen LogP) is 3.34. The van der Waals surface area contributed by atoms with Crippen LogP contribution in [0.1, 0.15) is 39.2 Å². The minimum Gasteiger partial charge on any atom is -0.453 e. The van der Waals surface area contributed by atoms with Crippen molar-refractivity contribution < 1.29 is 14.3 Å². The molecule has 6 nitrogen and oxygen atoms in total. The number of amides is 3. The Balaban J connectivity index is 1.98. The van der Waals surface area contributed by atoms with E-state index in [1.54, 1.807) is 4.90 Å². The number of hydrogen-bond donors (Lipinski definition) is 2. The zero-order valence-electron chi connectivity index (χ0n) is 14.9. The maximum Gasteiger partial charge on any atom is 0.409 e. The summed E-state index contributed by atoms with van der Waals surface area (Å²) < 4.78 is 4.75. The Hall–Kier alpha value is -2.24. The van der Waals surface area contributed by atoms with Crippen LogP contribution in [0.25, 0.3) is 0 Å². The fraction of sp³-hybridized carbons (Fsp3) is 0.556. The number of piperidine rings is 1. The zero-order chi connectivity index (χ0) is 17.7. The second kappa shape index (κ2) is 7.55. The first-order valence-electron chi connectivity index (χ1n) is 8.31. The van der Waals surface area contributed by atoms with Crippen molar-refractivity contribution in [2.75, 3.05) is 25.5 Å². The van der Waals surface area contributed by atoms with E-state index in [4.69, 9.17) is 4.74 Å². The number of methoxy groups -OCH3 is 1. The lowest BCUT2D eigenvalue weighted by atomic mass is 9.86. The number of carbonyl (C=O) groups excluding carboxylic acids is 2. The molecule has 132 valence electrons. The molecule has 6 heteroatoms. The van der Waals surface area contributed by atoms with Crippen LogP contribution in [0.2, 0.25) is 0 Å². The topological polar surface area (TPSA) is 70.7 Å². The standard InChI is InChI=1S/C18H27N3O3/c1-18(2,3)14-9-5-6-10-15(14)20-16(22)19-13-8-7-11-21(12-13)17(23)24-4/h5-6,9-10,13H,7-8,11-12H2,1-4H3,(H2,19,20,22)/t13-/m1/s1. The van der Waals surface area contributed by atoms with Crippen LogP contribution in [0.4, 0.5) is 15.3 Å². The first-order valence-corrected chi connectivity index (χ1v) is 8.31. The van der Waals surface area contributed by atoms with E-state index in [2.05, 4.69) is 31.4 Å². The molecule has 2 N–H and O–H groups in total. The van der Waals surface area contributed by atoms with Gasteiger partial charge in [0.1, 0.15) is 0 Å². The number of benzene rings is 1. The molecule has 1 aliphatic rings. The number of rotatable bonds is 2. The van der Waals surface area contributed by atoms with Gasteiger partial charge in [0.25, 0.3) is 0 Å². The summed E-state index contributed by atoms with van der Waals surface area (Å²) in [6, 6.07) is 7.49. The molecule has 1 atom stereocenters. The van der Waals surface area contributed by atoms with Crippen LogP contribution in [0.5, 0.6) is 0 Å². The molecule has 1 aromatic carbocycles. The Morgan fingerprint density at radius 3 is 2.62 bits per heavy atom. The first kappa shape index (κ1) is 18.1. The summed E-state index contributed by atoms with van der Waals surface area (Å²) in [4.78, 5) is 25.6. The third-order valence-corrected chi connectivity index (χ3v) is 4.17. The van der Waals surface area contributed by atoms with E-state index in [9.17, 15) is 9.59 Å². The normalized spacial score (nSPS) is 18.0. The van der Waals surface area contributed by atoms with Crippen LogP contribution in [0.15, 0.2) is 24.3 Å². The first-order chi connectivity index (χ1) is 11.3. The van der Waals surface area contributed by atoms with Crippen LogP contribution in [0.3, 0.4) is 0 Å². The largest absolute Gasteiger partial charge is 0.453 e. The van der Waals surface area contributed by atoms with Gasteiger partial charge in [0, 0.05) is 24.8 Å². The average molecular weight is 333 g/mol. The lowest BCUT2D eigenvalue weighted by Crippen LogP contribution is -2.50. The minimum absolute atomic E-state index is 0.0591. The Morgan fingerprint density at radius 1 is 1.25 bits per heavy atom. The third-order valence-electron chi connectivity index (χ3n) is 4.17. The van der Waals surface area contributed by atoms with Gasteiger partial charge in [-0.1, -0.05) is 39.0 Å². The monoisotopic (exact) mass is 333 g/mol. The molecule has 0 saturated carbocycles. The highest BCUT2D eigenvalue weighted by molar-refractivity contribution is 5.90. The van der Waals surface area contributed by atoms with Crippen LogP contribution < -0.4 is 10.6 Å². The van der Waals surface area contributed by atoms with Crippen molar-refractivity contribution in [3.05, 3.63) is 29.8 Å². The van der Waals surface area contributed by atoms with Gasteiger partial charge in [0.05, 0.1) is 7.11 Å². The van der Waals surface area contributed by atoms with E-state index in [0.29, 0.717) is 13.1 Å². The van der Waals surface area contributed by atoms with E-state index < -0.39 is 0 Å². The molecule has 1 aliphatic heterocycles. The molecular formula is C18H27N3O3. The fourth-order valence-corrected chi connectivity index (χ4v) is 2.98. The quantitative estimate of drug-likeness (QED) is 0.872. The molecule has 24 heavy (non-hydrogen) atoms. The van der Waals surface area contributed by atoms with E-state index in [1.165, 1.54) is 7.11 Å². The lowest BCUT2D eigenvalue weighted by molar-refractivity contribution is 0.108. The third kappa shape index (κ3) is 4.63. The maximum atomic E-state index is 12.3. The van der Waals surface area contributed by atoms with Gasteiger partial charge in [-0.2, -0.15) is 0 Å². The van der Waals surface area contributed by atoms with Crippen molar-refractivity contribution in [1.29, 1.82) is 0 Å². The van der Waals surface area contributed by atoms with E-state index in [0.717, 1.165) is 24.1 Å². The molecule has 1 saturated heterocycles. The SMILES string of the molecule is COC(=O)N1CCC[C@@H](NC(=O)Nc2ccccc2C(C)(C)C)C1. The summed E-state index contributed by atoms with van der Waals surface area (Å²) in [6.07, 6.45) is 1.35. The summed E-state index contributed by atoms with van der Waals surface area (Å²) in [5, 5.41) is 5.89. The van der Waals surface area contributed by atoms with Gasteiger partial charge >= 0.3 is 12.1 Å². The van der Waals surface area contributed by atoms with E-state index in [1.807, 2.05) is 24.3 Å². The van der Waals surface area contributed by atoms with Crippen molar-refractivity contribution in [3.63, 3.8) is 0 Å². The molecule has 0 bridgehead atoms. The Labute approximate surface area is 143 Å². The summed E-state index contributed by atoms with van der Waals surface area (Å²) in [5.74, 6) is 0. The number of hydrogen-bond acceptors (Lipinski definition) is 3. The highest BCUT2D eigenvalue weighted by Crippen LogP contribution is 2.29. The number of nitrogens with zero attached hydrogens (tertiary/aromatic N) is 1. The summed E-state index contributed by atoms with van der Waals surface area (Å²) in [5.41, 5.74) is 1.83. The highest BCUT2D eigenvalue weighted by Gasteiger charge is 2.25. The molecule has 1 aromatic rings. The van der Waals surface area contributed by atoms with E-state index in [-0.39, 0.29) is 23.6 Å². The number of anilines is 1. The van der Waals surface area contributed by atoms with Crippen LogP contribution in [0, 0.1) is 0 Å². The van der Waals surface area contributed by atoms with Gasteiger partial charge < -0.3 is 20.3 Å². The number of nitrogens with one attached hydrogen (secondary N) is 2. The molecule has 0 radical (unpaired) electrons. The van der Waals surface area contributed by atoms with Gasteiger partial charge in [0.2, 0.25) is 0 Å². The molecule has 1 heterocycles. The van der Waals surface area contributed by atoms with Gasteiger partial charge in [-0.25, -0.2) is 9.59 Å². The van der Waals surface area contributed by atoms with Crippen LogP contribution in [-0.4, -0.2) is 43.3 Å². The molecular weight excluding hydrogens is 306 g/mol. The smallest absolute Gasteiger partial charge is 0.409 e. The van der Waals surface area contributed by atoms with Crippen molar-refractivity contribution in [3.8, 4) is 0 Å². The van der Waals surface area contributed by atoms with Crippen LogP contribution in [-0.2, 0) is 10.2 Å². The van der Waals surface area contributed by atoms with Crippen molar-refractivity contribution >= 4 is 17.8 Å². The minimum atomic E-state index is -0.347. The fourth-order valence-electron chi connectivity index (χ4n) is 2.98. The lowest BCUT2D eigenvalue weighted by Gasteiger charge is -2.32. The molecule has 0 unspecified atom stereocenters. The molecule has 0 spiro atoms. The number of ether oxygens (including phenoxy) is 1. The van der Waals surface area contributed by atoms with Gasteiger partial charge in [-0.05, 0) is 29.9 Å². The van der Waals surface area contributed by atoms with Crippen molar-refractivity contribution in [2.24, 2.45) is 0 Å². The van der Waals surface area contributed by atoms with Crippen molar-refractivity contribution in [1.82, 2.24) is 10.2 Å². The van der Waals surface area contributed by atoms with Gasteiger partial charge in [-0.3, -0.25) is 0 Å². The second-order valence-corrected chi connectivity index (χ2v) is 7.15. The number of para-hydroxylation sites is 1. The van der Waals surface area contributed by atoms with Gasteiger partial charge in [0.15, 0.2) is 0 Å².